The molecule has 7 heteroatoms. The van der Waals surface area contributed by atoms with Crippen LogP contribution in [0.25, 0.3) is 0 Å². The van der Waals surface area contributed by atoms with Crippen LogP contribution in [0.2, 0.25) is 0 Å². The third-order valence-electron chi connectivity index (χ3n) is 3.09. The second-order valence-electron chi connectivity index (χ2n) is 4.63. The average molecular weight is 296 g/mol. The SMILES string of the molecule is CCC(=O)c1cccc(S(=O)(=O)NC2CNC(=O)C2)c1. The van der Waals surface area contributed by atoms with Gasteiger partial charge in [0, 0.05) is 31.0 Å². The molecule has 0 bridgehead atoms. The Morgan fingerprint density at radius 2 is 2.20 bits per heavy atom. The highest BCUT2D eigenvalue weighted by Gasteiger charge is 2.27. The van der Waals surface area contributed by atoms with E-state index in [4.69, 9.17) is 0 Å². The lowest BCUT2D eigenvalue weighted by Gasteiger charge is -2.11. The van der Waals surface area contributed by atoms with E-state index >= 15 is 0 Å². The maximum absolute atomic E-state index is 12.2. The predicted molar refractivity (Wildman–Crippen MR) is 72.8 cm³/mol. The van der Waals surface area contributed by atoms with Crippen LogP contribution >= 0.6 is 0 Å². The molecule has 6 nitrogen and oxygen atoms in total. The van der Waals surface area contributed by atoms with Crippen LogP contribution in [-0.4, -0.2) is 32.7 Å². The number of amides is 1. The van der Waals surface area contributed by atoms with Gasteiger partial charge in [0.25, 0.3) is 0 Å². The maximum atomic E-state index is 12.2. The molecule has 0 spiro atoms. The summed E-state index contributed by atoms with van der Waals surface area (Å²) in [6.07, 6.45) is 0.449. The zero-order valence-electron chi connectivity index (χ0n) is 11.0. The third-order valence-corrected chi connectivity index (χ3v) is 4.60. The van der Waals surface area contributed by atoms with Crippen molar-refractivity contribution < 1.29 is 18.0 Å². The standard InChI is InChI=1S/C13H16N2O4S/c1-2-12(16)9-4-3-5-11(6-9)20(18,19)15-10-7-13(17)14-8-10/h3-6,10,15H,2,7-8H2,1H3,(H,14,17). The summed E-state index contributed by atoms with van der Waals surface area (Å²) in [5, 5.41) is 2.56. The summed E-state index contributed by atoms with van der Waals surface area (Å²) in [7, 11) is -3.73. The van der Waals surface area contributed by atoms with Crippen LogP contribution in [0, 0.1) is 0 Å². The van der Waals surface area contributed by atoms with E-state index in [2.05, 4.69) is 10.0 Å². The lowest BCUT2D eigenvalue weighted by molar-refractivity contribution is -0.119. The molecular weight excluding hydrogens is 280 g/mol. The highest BCUT2D eigenvalue weighted by Crippen LogP contribution is 2.14. The smallest absolute Gasteiger partial charge is 0.240 e. The second kappa shape index (κ2) is 5.72. The van der Waals surface area contributed by atoms with Crippen LogP contribution < -0.4 is 10.0 Å². The van der Waals surface area contributed by atoms with E-state index < -0.39 is 16.1 Å². The molecule has 1 unspecified atom stereocenters. The molecule has 1 aliphatic rings. The summed E-state index contributed by atoms with van der Waals surface area (Å²) in [5.74, 6) is -0.285. The van der Waals surface area contributed by atoms with E-state index in [0.29, 0.717) is 12.0 Å². The summed E-state index contributed by atoms with van der Waals surface area (Å²) < 4.78 is 26.9. The predicted octanol–water partition coefficient (Wildman–Crippen LogP) is 0.446. The van der Waals surface area contributed by atoms with E-state index in [1.807, 2.05) is 0 Å². The van der Waals surface area contributed by atoms with Gasteiger partial charge in [-0.15, -0.1) is 0 Å². The molecule has 1 aromatic rings. The lowest BCUT2D eigenvalue weighted by Crippen LogP contribution is -2.36. The summed E-state index contributed by atoms with van der Waals surface area (Å²) in [6.45, 7) is 2.00. The Hall–Kier alpha value is -1.73. The fourth-order valence-electron chi connectivity index (χ4n) is 2.02. The van der Waals surface area contributed by atoms with E-state index in [1.165, 1.54) is 18.2 Å². The Balaban J connectivity index is 2.21. The Kier molecular flexibility index (Phi) is 4.20. The number of hydrogen-bond acceptors (Lipinski definition) is 4. The molecule has 108 valence electrons. The first-order valence-corrected chi connectivity index (χ1v) is 7.83. The van der Waals surface area contributed by atoms with Crippen molar-refractivity contribution in [3.8, 4) is 0 Å². The van der Waals surface area contributed by atoms with Crippen LogP contribution in [0.3, 0.4) is 0 Å². The number of carbonyl (C=O) groups excluding carboxylic acids is 2. The van der Waals surface area contributed by atoms with Crippen LogP contribution in [-0.2, 0) is 14.8 Å². The molecular formula is C13H16N2O4S. The van der Waals surface area contributed by atoms with Crippen molar-refractivity contribution in [1.29, 1.82) is 0 Å². The zero-order chi connectivity index (χ0) is 14.8. The van der Waals surface area contributed by atoms with Gasteiger partial charge < -0.3 is 5.32 Å². The zero-order valence-corrected chi connectivity index (χ0v) is 11.9. The molecule has 1 atom stereocenters. The van der Waals surface area contributed by atoms with Gasteiger partial charge in [-0.05, 0) is 12.1 Å². The Labute approximate surface area is 117 Å². The van der Waals surface area contributed by atoms with Crippen molar-refractivity contribution in [3.63, 3.8) is 0 Å². The minimum atomic E-state index is -3.73. The fraction of sp³-hybridized carbons (Fsp3) is 0.385. The highest BCUT2D eigenvalue weighted by atomic mass is 32.2. The first-order chi connectivity index (χ1) is 9.42. The molecule has 0 aliphatic carbocycles. The minimum Gasteiger partial charge on any atom is -0.354 e. The highest BCUT2D eigenvalue weighted by molar-refractivity contribution is 7.89. The van der Waals surface area contributed by atoms with Gasteiger partial charge >= 0.3 is 0 Å². The minimum absolute atomic E-state index is 0.0381. The average Bonchev–Trinajstić information content (AvgIpc) is 2.82. The Morgan fingerprint density at radius 3 is 2.80 bits per heavy atom. The van der Waals surface area contributed by atoms with E-state index in [-0.39, 0.29) is 29.6 Å². The van der Waals surface area contributed by atoms with Gasteiger partial charge in [0.15, 0.2) is 5.78 Å². The third kappa shape index (κ3) is 3.23. The molecule has 1 heterocycles. The van der Waals surface area contributed by atoms with Crippen molar-refractivity contribution in [3.05, 3.63) is 29.8 Å². The first-order valence-electron chi connectivity index (χ1n) is 6.34. The normalized spacial score (nSPS) is 18.9. The van der Waals surface area contributed by atoms with Gasteiger partial charge in [0.2, 0.25) is 15.9 Å². The summed E-state index contributed by atoms with van der Waals surface area (Å²) in [5.41, 5.74) is 0.371. The molecule has 1 aliphatic heterocycles. The maximum Gasteiger partial charge on any atom is 0.240 e. The molecule has 1 fully saturated rings. The van der Waals surface area contributed by atoms with E-state index in [1.54, 1.807) is 13.0 Å². The summed E-state index contributed by atoms with van der Waals surface area (Å²) in [4.78, 5) is 22.7. The number of rotatable bonds is 5. The van der Waals surface area contributed by atoms with Crippen LogP contribution in [0.5, 0.6) is 0 Å². The second-order valence-corrected chi connectivity index (χ2v) is 6.34. The monoisotopic (exact) mass is 296 g/mol. The number of Topliss-reactive ketones (excluding diaryl/α,β-unsaturated/α-hetero) is 1. The van der Waals surface area contributed by atoms with Crippen molar-refractivity contribution in [2.75, 3.05) is 6.54 Å². The van der Waals surface area contributed by atoms with Crippen LogP contribution in [0.4, 0.5) is 0 Å². The molecule has 0 radical (unpaired) electrons. The van der Waals surface area contributed by atoms with Crippen molar-refractivity contribution in [2.24, 2.45) is 0 Å². The molecule has 2 rings (SSSR count). The van der Waals surface area contributed by atoms with Gasteiger partial charge in [-0.25, -0.2) is 13.1 Å². The largest absolute Gasteiger partial charge is 0.354 e. The lowest BCUT2D eigenvalue weighted by atomic mass is 10.1. The topological polar surface area (TPSA) is 92.3 Å². The molecule has 0 saturated carbocycles. The number of carbonyl (C=O) groups is 2. The fourth-order valence-corrected chi connectivity index (χ4v) is 3.30. The van der Waals surface area contributed by atoms with Crippen LogP contribution in [0.15, 0.2) is 29.2 Å². The van der Waals surface area contributed by atoms with Crippen LogP contribution in [0.1, 0.15) is 30.1 Å². The number of benzene rings is 1. The van der Waals surface area contributed by atoms with Crippen molar-refractivity contribution in [2.45, 2.75) is 30.7 Å². The summed E-state index contributed by atoms with van der Waals surface area (Å²) in [6, 6.07) is 5.47. The van der Waals surface area contributed by atoms with Gasteiger partial charge in [0.1, 0.15) is 0 Å². The van der Waals surface area contributed by atoms with Gasteiger partial charge in [-0.2, -0.15) is 0 Å². The van der Waals surface area contributed by atoms with Gasteiger partial charge in [-0.1, -0.05) is 19.1 Å². The van der Waals surface area contributed by atoms with Gasteiger partial charge in [-0.3, -0.25) is 9.59 Å². The van der Waals surface area contributed by atoms with E-state index in [9.17, 15) is 18.0 Å². The molecule has 2 N–H and O–H groups in total. The number of ketones is 1. The summed E-state index contributed by atoms with van der Waals surface area (Å²) >= 11 is 0. The Morgan fingerprint density at radius 1 is 1.45 bits per heavy atom. The molecule has 20 heavy (non-hydrogen) atoms. The first kappa shape index (κ1) is 14.7. The molecule has 1 aromatic carbocycles. The van der Waals surface area contributed by atoms with Crippen molar-refractivity contribution in [1.82, 2.24) is 10.0 Å². The molecule has 1 saturated heterocycles. The molecule has 0 aromatic heterocycles. The number of sulfonamides is 1. The number of hydrogen-bond donors (Lipinski definition) is 2. The van der Waals surface area contributed by atoms with Crippen molar-refractivity contribution >= 4 is 21.7 Å². The number of nitrogens with one attached hydrogen (secondary N) is 2. The van der Waals surface area contributed by atoms with E-state index in [0.717, 1.165) is 0 Å². The quantitative estimate of drug-likeness (QED) is 0.771. The Bertz CT molecular complexity index is 640. The van der Waals surface area contributed by atoms with Gasteiger partial charge in [0.05, 0.1) is 4.90 Å². The molecule has 1 amide bonds.